The summed E-state index contributed by atoms with van der Waals surface area (Å²) in [6.45, 7) is 2.51. The van der Waals surface area contributed by atoms with Crippen molar-refractivity contribution < 1.29 is 22.7 Å². The summed E-state index contributed by atoms with van der Waals surface area (Å²) in [5.41, 5.74) is 1.68. The number of carbonyl (C=O) groups excluding carboxylic acids is 1. The number of fused-ring (bicyclic) bond motifs is 1. The summed E-state index contributed by atoms with van der Waals surface area (Å²) in [4.78, 5) is 17.0. The van der Waals surface area contributed by atoms with E-state index in [0.29, 0.717) is 29.2 Å². The molecule has 154 valence electrons. The Bertz CT molecular complexity index is 1150. The maximum absolute atomic E-state index is 12.4. The molecule has 0 saturated carbocycles. The molecule has 0 aliphatic heterocycles. The number of imidazole rings is 1. The topological polar surface area (TPSA) is 90.7 Å². The van der Waals surface area contributed by atoms with Gasteiger partial charge in [0.25, 0.3) is 0 Å². The van der Waals surface area contributed by atoms with Crippen molar-refractivity contribution in [3.8, 4) is 5.75 Å². The number of aromatic nitrogens is 2. The highest BCUT2D eigenvalue weighted by atomic mass is 32.2. The van der Waals surface area contributed by atoms with Crippen LogP contribution in [0.15, 0.2) is 47.4 Å². The van der Waals surface area contributed by atoms with Gasteiger partial charge in [0.15, 0.2) is 0 Å². The summed E-state index contributed by atoms with van der Waals surface area (Å²) in [6.07, 6.45) is 0. The molecule has 9 heteroatoms. The molecule has 1 aromatic heterocycles. The Morgan fingerprint density at radius 2 is 1.93 bits per heavy atom. The van der Waals surface area contributed by atoms with Crippen molar-refractivity contribution in [2.45, 2.75) is 25.0 Å². The Hall–Kier alpha value is -2.91. The number of sulfonamides is 1. The summed E-state index contributed by atoms with van der Waals surface area (Å²) >= 11 is 0. The van der Waals surface area contributed by atoms with E-state index in [9.17, 15) is 13.2 Å². The van der Waals surface area contributed by atoms with Gasteiger partial charge in [0, 0.05) is 20.6 Å². The van der Waals surface area contributed by atoms with Crippen molar-refractivity contribution in [3.63, 3.8) is 0 Å². The standard InChI is InChI=1S/C20H23N3O5S/c1-5-23-18-10-9-16(29(25,26)22(2)3)12-17(18)21-19(23)13-28-20(24)14-7-6-8-15(11-14)27-4/h6-12H,5,13H2,1-4H3. The molecule has 29 heavy (non-hydrogen) atoms. The minimum absolute atomic E-state index is 0.0334. The first kappa shape index (κ1) is 20.8. The largest absolute Gasteiger partial charge is 0.497 e. The molecular weight excluding hydrogens is 394 g/mol. The summed E-state index contributed by atoms with van der Waals surface area (Å²) in [7, 11) is 0.926. The number of benzene rings is 2. The van der Waals surface area contributed by atoms with E-state index in [1.54, 1.807) is 36.4 Å². The van der Waals surface area contributed by atoms with Crippen LogP contribution in [0.25, 0.3) is 11.0 Å². The number of nitrogens with zero attached hydrogens (tertiary/aromatic N) is 3. The van der Waals surface area contributed by atoms with Gasteiger partial charge in [-0.3, -0.25) is 0 Å². The Balaban J connectivity index is 1.88. The van der Waals surface area contributed by atoms with Gasteiger partial charge in [-0.15, -0.1) is 0 Å². The number of rotatable bonds is 7. The second-order valence-electron chi connectivity index (χ2n) is 6.52. The fourth-order valence-electron chi connectivity index (χ4n) is 2.96. The number of methoxy groups -OCH3 is 1. The molecule has 3 rings (SSSR count). The zero-order chi connectivity index (χ0) is 21.2. The number of aryl methyl sites for hydroxylation is 1. The predicted octanol–water partition coefficient (Wildman–Crippen LogP) is 2.67. The van der Waals surface area contributed by atoms with Gasteiger partial charge in [0.2, 0.25) is 10.0 Å². The van der Waals surface area contributed by atoms with Gasteiger partial charge in [-0.1, -0.05) is 6.07 Å². The second-order valence-corrected chi connectivity index (χ2v) is 8.67. The fraction of sp³-hybridized carbons (Fsp3) is 0.300. The number of carbonyl (C=O) groups is 1. The molecule has 2 aromatic carbocycles. The molecule has 0 aliphatic carbocycles. The Morgan fingerprint density at radius 3 is 2.59 bits per heavy atom. The number of esters is 1. The Labute approximate surface area is 169 Å². The lowest BCUT2D eigenvalue weighted by Crippen LogP contribution is -2.22. The second kappa shape index (κ2) is 8.22. The summed E-state index contributed by atoms with van der Waals surface area (Å²) in [5, 5.41) is 0. The molecular formula is C20H23N3O5S. The van der Waals surface area contributed by atoms with Crippen LogP contribution in [0.1, 0.15) is 23.1 Å². The molecule has 0 aliphatic rings. The maximum Gasteiger partial charge on any atom is 0.338 e. The van der Waals surface area contributed by atoms with Crippen molar-refractivity contribution in [2.75, 3.05) is 21.2 Å². The van der Waals surface area contributed by atoms with Gasteiger partial charge in [-0.05, 0) is 43.3 Å². The lowest BCUT2D eigenvalue weighted by Gasteiger charge is -2.11. The van der Waals surface area contributed by atoms with Gasteiger partial charge in [0.05, 0.1) is 28.6 Å². The van der Waals surface area contributed by atoms with E-state index in [1.165, 1.54) is 27.3 Å². The molecule has 0 bridgehead atoms. The smallest absolute Gasteiger partial charge is 0.338 e. The third-order valence-electron chi connectivity index (χ3n) is 4.53. The van der Waals surface area contributed by atoms with E-state index in [2.05, 4.69) is 4.98 Å². The van der Waals surface area contributed by atoms with Crippen molar-refractivity contribution >= 4 is 27.0 Å². The molecule has 0 N–H and O–H groups in total. The van der Waals surface area contributed by atoms with Crippen molar-refractivity contribution in [3.05, 3.63) is 53.9 Å². The van der Waals surface area contributed by atoms with Gasteiger partial charge in [-0.2, -0.15) is 0 Å². The lowest BCUT2D eigenvalue weighted by atomic mass is 10.2. The average Bonchev–Trinajstić information content (AvgIpc) is 3.08. The monoisotopic (exact) mass is 417 g/mol. The minimum atomic E-state index is -3.56. The maximum atomic E-state index is 12.4. The predicted molar refractivity (Wildman–Crippen MR) is 108 cm³/mol. The molecule has 0 fully saturated rings. The summed E-state index contributed by atoms with van der Waals surface area (Å²) < 4.78 is 38.3. The summed E-state index contributed by atoms with van der Waals surface area (Å²) in [6, 6.07) is 11.5. The molecule has 0 atom stereocenters. The van der Waals surface area contributed by atoms with E-state index in [-0.39, 0.29) is 11.5 Å². The normalized spacial score (nSPS) is 11.8. The number of hydrogen-bond donors (Lipinski definition) is 0. The van der Waals surface area contributed by atoms with Gasteiger partial charge < -0.3 is 14.0 Å². The molecule has 8 nitrogen and oxygen atoms in total. The van der Waals surface area contributed by atoms with E-state index in [0.717, 1.165) is 9.82 Å². The first-order valence-electron chi connectivity index (χ1n) is 9.00. The van der Waals surface area contributed by atoms with Gasteiger partial charge in [0.1, 0.15) is 18.2 Å². The van der Waals surface area contributed by atoms with Crippen LogP contribution in [-0.4, -0.2) is 49.4 Å². The third kappa shape index (κ3) is 4.10. The summed E-state index contributed by atoms with van der Waals surface area (Å²) in [5.74, 6) is 0.613. The lowest BCUT2D eigenvalue weighted by molar-refractivity contribution is 0.0458. The molecule has 3 aromatic rings. The molecule has 0 saturated heterocycles. The minimum Gasteiger partial charge on any atom is -0.497 e. The highest BCUT2D eigenvalue weighted by Crippen LogP contribution is 2.23. The third-order valence-corrected chi connectivity index (χ3v) is 6.34. The molecule has 0 unspecified atom stereocenters. The fourth-order valence-corrected chi connectivity index (χ4v) is 3.88. The SMILES string of the molecule is CCn1c(COC(=O)c2cccc(OC)c2)nc2cc(S(=O)(=O)N(C)C)ccc21. The van der Waals surface area contributed by atoms with Crippen LogP contribution in [0, 0.1) is 0 Å². The van der Waals surface area contributed by atoms with Crippen LogP contribution in [0.2, 0.25) is 0 Å². The first-order chi connectivity index (χ1) is 13.8. The molecule has 0 amide bonds. The van der Waals surface area contributed by atoms with Crippen LogP contribution in [0.3, 0.4) is 0 Å². The average molecular weight is 417 g/mol. The van der Waals surface area contributed by atoms with Crippen molar-refractivity contribution in [1.82, 2.24) is 13.9 Å². The van der Waals surface area contributed by atoms with Crippen LogP contribution < -0.4 is 4.74 Å². The van der Waals surface area contributed by atoms with Crippen LogP contribution in [0.5, 0.6) is 5.75 Å². The highest BCUT2D eigenvalue weighted by molar-refractivity contribution is 7.89. The zero-order valence-electron chi connectivity index (χ0n) is 16.7. The first-order valence-corrected chi connectivity index (χ1v) is 10.4. The van der Waals surface area contributed by atoms with Crippen LogP contribution in [0.4, 0.5) is 0 Å². The van der Waals surface area contributed by atoms with Crippen molar-refractivity contribution in [1.29, 1.82) is 0 Å². The van der Waals surface area contributed by atoms with E-state index >= 15 is 0 Å². The molecule has 0 radical (unpaired) electrons. The van der Waals surface area contributed by atoms with Gasteiger partial charge >= 0.3 is 5.97 Å². The zero-order valence-corrected chi connectivity index (χ0v) is 17.6. The molecule has 0 spiro atoms. The van der Waals surface area contributed by atoms with E-state index in [1.807, 2.05) is 11.5 Å². The van der Waals surface area contributed by atoms with E-state index < -0.39 is 16.0 Å². The van der Waals surface area contributed by atoms with Crippen molar-refractivity contribution in [2.24, 2.45) is 0 Å². The number of hydrogen-bond acceptors (Lipinski definition) is 6. The Morgan fingerprint density at radius 1 is 1.17 bits per heavy atom. The highest BCUT2D eigenvalue weighted by Gasteiger charge is 2.20. The van der Waals surface area contributed by atoms with Gasteiger partial charge in [-0.25, -0.2) is 22.5 Å². The Kier molecular flexibility index (Phi) is 5.90. The van der Waals surface area contributed by atoms with Crippen LogP contribution in [-0.2, 0) is 27.9 Å². The quantitative estimate of drug-likeness (QED) is 0.549. The van der Waals surface area contributed by atoms with E-state index in [4.69, 9.17) is 9.47 Å². The molecule has 1 heterocycles. The number of ether oxygens (including phenoxy) is 2. The van der Waals surface area contributed by atoms with Crippen LogP contribution >= 0.6 is 0 Å².